The summed E-state index contributed by atoms with van der Waals surface area (Å²) < 4.78 is 14.4. The van der Waals surface area contributed by atoms with E-state index in [4.69, 9.17) is 25.7 Å². The first-order valence-corrected chi connectivity index (χ1v) is 9.40. The zero-order valence-electron chi connectivity index (χ0n) is 15.5. The third-order valence-corrected chi connectivity index (χ3v) is 5.22. The van der Waals surface area contributed by atoms with Gasteiger partial charge in [-0.25, -0.2) is 9.78 Å². The van der Waals surface area contributed by atoms with Crippen LogP contribution in [0.5, 0.6) is 0 Å². The fraction of sp³-hybridized carbons (Fsp3) is 0.0909. The molecule has 29 heavy (non-hydrogen) atoms. The van der Waals surface area contributed by atoms with Gasteiger partial charge in [0.25, 0.3) is 0 Å². The van der Waals surface area contributed by atoms with Crippen molar-refractivity contribution in [2.75, 3.05) is 7.11 Å². The number of benzene rings is 1. The molecule has 0 aliphatic heterocycles. The van der Waals surface area contributed by atoms with Gasteiger partial charge in [-0.2, -0.15) is 0 Å². The summed E-state index contributed by atoms with van der Waals surface area (Å²) in [6.07, 6.45) is 3.57. The number of furan rings is 1. The van der Waals surface area contributed by atoms with Gasteiger partial charge in [0.2, 0.25) is 0 Å². The molecule has 7 heteroatoms. The highest BCUT2D eigenvalue weighted by molar-refractivity contribution is 6.30. The van der Waals surface area contributed by atoms with Crippen LogP contribution in [0.4, 0.5) is 0 Å². The SMILES string of the molecule is COC(=O)c1cc2occc2n1Cc1c(-c2ccc(Cl)cc2)nc2ccccn12. The number of hydrogen-bond donors (Lipinski definition) is 0. The second kappa shape index (κ2) is 6.83. The lowest BCUT2D eigenvalue weighted by atomic mass is 10.1. The summed E-state index contributed by atoms with van der Waals surface area (Å²) in [6, 6.07) is 17.0. The monoisotopic (exact) mass is 405 g/mol. The summed E-state index contributed by atoms with van der Waals surface area (Å²) in [5.41, 5.74) is 5.41. The van der Waals surface area contributed by atoms with Crippen molar-refractivity contribution in [3.05, 3.63) is 83.5 Å². The number of nitrogens with zero attached hydrogens (tertiary/aromatic N) is 3. The number of aromatic nitrogens is 3. The van der Waals surface area contributed by atoms with Crippen LogP contribution in [0.3, 0.4) is 0 Å². The Bertz CT molecular complexity index is 1350. The fourth-order valence-electron chi connectivity index (χ4n) is 3.61. The van der Waals surface area contributed by atoms with E-state index in [1.807, 2.05) is 63.7 Å². The number of esters is 1. The average molecular weight is 406 g/mol. The van der Waals surface area contributed by atoms with Gasteiger partial charge in [-0.15, -0.1) is 0 Å². The molecular weight excluding hydrogens is 390 g/mol. The van der Waals surface area contributed by atoms with Crippen molar-refractivity contribution < 1.29 is 13.9 Å². The van der Waals surface area contributed by atoms with Crippen molar-refractivity contribution in [3.63, 3.8) is 0 Å². The van der Waals surface area contributed by atoms with Crippen LogP contribution in [0, 0.1) is 0 Å². The number of carbonyl (C=O) groups is 1. The van der Waals surface area contributed by atoms with Gasteiger partial charge in [0, 0.05) is 28.9 Å². The number of fused-ring (bicyclic) bond motifs is 2. The first-order chi connectivity index (χ1) is 14.2. The molecule has 6 nitrogen and oxygen atoms in total. The van der Waals surface area contributed by atoms with E-state index in [1.165, 1.54) is 7.11 Å². The maximum atomic E-state index is 12.4. The first kappa shape index (κ1) is 17.6. The summed E-state index contributed by atoms with van der Waals surface area (Å²) in [6.45, 7) is 0.413. The molecule has 0 amide bonds. The number of pyridine rings is 1. The number of halogens is 1. The van der Waals surface area contributed by atoms with Gasteiger partial charge in [0.15, 0.2) is 5.58 Å². The van der Waals surface area contributed by atoms with E-state index >= 15 is 0 Å². The van der Waals surface area contributed by atoms with Crippen LogP contribution in [0.25, 0.3) is 28.0 Å². The lowest BCUT2D eigenvalue weighted by molar-refractivity contribution is 0.0589. The first-order valence-electron chi connectivity index (χ1n) is 9.02. The summed E-state index contributed by atoms with van der Waals surface area (Å²) in [5, 5.41) is 0.664. The van der Waals surface area contributed by atoms with Crippen molar-refractivity contribution in [2.24, 2.45) is 0 Å². The molecule has 0 N–H and O–H groups in total. The minimum absolute atomic E-state index is 0.413. The predicted molar refractivity (Wildman–Crippen MR) is 110 cm³/mol. The van der Waals surface area contributed by atoms with Crippen LogP contribution in [-0.2, 0) is 11.3 Å². The maximum absolute atomic E-state index is 12.4. The number of imidazole rings is 1. The van der Waals surface area contributed by atoms with E-state index in [2.05, 4.69) is 0 Å². The Balaban J connectivity index is 1.73. The molecule has 4 aromatic heterocycles. The lowest BCUT2D eigenvalue weighted by Crippen LogP contribution is -2.12. The van der Waals surface area contributed by atoms with Crippen molar-refractivity contribution in [1.29, 1.82) is 0 Å². The number of hydrogen-bond acceptors (Lipinski definition) is 4. The number of rotatable bonds is 4. The van der Waals surface area contributed by atoms with Gasteiger partial charge in [-0.3, -0.25) is 0 Å². The van der Waals surface area contributed by atoms with Crippen LogP contribution in [-0.4, -0.2) is 27.0 Å². The molecule has 0 saturated carbocycles. The summed E-state index contributed by atoms with van der Waals surface area (Å²) in [7, 11) is 1.37. The quantitative estimate of drug-likeness (QED) is 0.393. The number of carbonyl (C=O) groups excluding carboxylic acids is 1. The van der Waals surface area contributed by atoms with E-state index in [0.29, 0.717) is 22.8 Å². The van der Waals surface area contributed by atoms with Gasteiger partial charge in [0.05, 0.1) is 36.8 Å². The largest absolute Gasteiger partial charge is 0.464 e. The van der Waals surface area contributed by atoms with Gasteiger partial charge >= 0.3 is 5.97 Å². The van der Waals surface area contributed by atoms with Crippen LogP contribution in [0.2, 0.25) is 5.02 Å². The zero-order valence-corrected chi connectivity index (χ0v) is 16.3. The molecule has 5 rings (SSSR count). The molecule has 0 aliphatic rings. The Labute approximate surface area is 170 Å². The third kappa shape index (κ3) is 2.89. The minimum Gasteiger partial charge on any atom is -0.464 e. The van der Waals surface area contributed by atoms with Crippen LogP contribution in [0.1, 0.15) is 16.2 Å². The van der Waals surface area contributed by atoms with E-state index < -0.39 is 5.97 Å². The average Bonchev–Trinajstić information content (AvgIpc) is 3.43. The Hall–Kier alpha value is -3.51. The molecule has 0 radical (unpaired) electrons. The second-order valence-corrected chi connectivity index (χ2v) is 7.06. The van der Waals surface area contributed by atoms with E-state index in [1.54, 1.807) is 12.3 Å². The third-order valence-electron chi connectivity index (χ3n) is 4.97. The molecule has 0 aliphatic carbocycles. The van der Waals surface area contributed by atoms with Crippen molar-refractivity contribution in [3.8, 4) is 11.3 Å². The topological polar surface area (TPSA) is 61.7 Å². The highest BCUT2D eigenvalue weighted by atomic mass is 35.5. The Morgan fingerprint density at radius 2 is 2.00 bits per heavy atom. The molecule has 0 saturated heterocycles. The van der Waals surface area contributed by atoms with Gasteiger partial charge in [0.1, 0.15) is 11.3 Å². The summed E-state index contributed by atoms with van der Waals surface area (Å²) in [4.78, 5) is 17.2. The molecule has 144 valence electrons. The van der Waals surface area contributed by atoms with Gasteiger partial charge in [-0.1, -0.05) is 29.8 Å². The van der Waals surface area contributed by atoms with Crippen LogP contribution < -0.4 is 0 Å². The van der Waals surface area contributed by atoms with Gasteiger partial charge < -0.3 is 18.1 Å². The smallest absolute Gasteiger partial charge is 0.354 e. The minimum atomic E-state index is -0.418. The van der Waals surface area contributed by atoms with E-state index in [-0.39, 0.29) is 0 Å². The maximum Gasteiger partial charge on any atom is 0.354 e. The highest BCUT2D eigenvalue weighted by Crippen LogP contribution is 2.29. The lowest BCUT2D eigenvalue weighted by Gasteiger charge is -2.11. The molecule has 0 atom stereocenters. The Morgan fingerprint density at radius 1 is 1.17 bits per heavy atom. The van der Waals surface area contributed by atoms with E-state index in [9.17, 15) is 4.79 Å². The highest BCUT2D eigenvalue weighted by Gasteiger charge is 2.21. The molecular formula is C22H16ClN3O3. The predicted octanol–water partition coefficient (Wildman–Crippen LogP) is 5.04. The van der Waals surface area contributed by atoms with Crippen LogP contribution in [0.15, 0.2) is 71.5 Å². The van der Waals surface area contributed by atoms with E-state index in [0.717, 1.165) is 28.1 Å². The molecule has 0 bridgehead atoms. The van der Waals surface area contributed by atoms with Crippen molar-refractivity contribution in [2.45, 2.75) is 6.54 Å². The van der Waals surface area contributed by atoms with Crippen molar-refractivity contribution >= 4 is 34.3 Å². The Morgan fingerprint density at radius 3 is 2.79 bits per heavy atom. The molecule has 0 spiro atoms. The molecule has 1 aromatic carbocycles. The number of methoxy groups -OCH3 is 1. The summed E-state index contributed by atoms with van der Waals surface area (Å²) in [5.74, 6) is -0.418. The molecule has 0 fully saturated rings. The standard InChI is InChI=1S/C22H16ClN3O3/c1-28-22(27)17-12-19-16(9-11-29-19)26(17)13-18-21(14-5-7-15(23)8-6-14)24-20-4-2-3-10-25(18)20/h2-12H,13H2,1H3. The normalized spacial score (nSPS) is 11.4. The molecule has 5 aromatic rings. The van der Waals surface area contributed by atoms with Crippen LogP contribution >= 0.6 is 11.6 Å². The van der Waals surface area contributed by atoms with Gasteiger partial charge in [-0.05, 0) is 24.3 Å². The summed E-state index contributed by atoms with van der Waals surface area (Å²) >= 11 is 6.07. The molecule has 4 heterocycles. The number of ether oxygens (including phenoxy) is 1. The molecule has 0 unspecified atom stereocenters. The Kier molecular flexibility index (Phi) is 4.14. The zero-order chi connectivity index (χ0) is 20.0. The fourth-order valence-corrected chi connectivity index (χ4v) is 3.73. The second-order valence-electron chi connectivity index (χ2n) is 6.62. The van der Waals surface area contributed by atoms with Crippen molar-refractivity contribution in [1.82, 2.24) is 14.0 Å².